The fourth-order valence-electron chi connectivity index (χ4n) is 2.39. The normalized spacial score (nSPS) is 11.2. The van der Waals surface area contributed by atoms with E-state index in [4.69, 9.17) is 0 Å². The molecular weight excluding hydrogens is 378 g/mol. The molecule has 0 atom stereocenters. The maximum atomic E-state index is 12.3. The van der Waals surface area contributed by atoms with Crippen LogP contribution in [0.1, 0.15) is 36.8 Å². The SMILES string of the molecule is CC(C)(C)NC(=O)c1ccc(NC(=O)Cc2csc(-c3cccs3)n2)cc1. The number of nitrogens with one attached hydrogen (secondary N) is 2. The lowest BCUT2D eigenvalue weighted by molar-refractivity contribution is -0.115. The maximum Gasteiger partial charge on any atom is 0.251 e. The number of nitrogens with zero attached hydrogens (tertiary/aromatic N) is 1. The summed E-state index contributed by atoms with van der Waals surface area (Å²) in [5, 5.41) is 10.6. The Morgan fingerprint density at radius 2 is 1.81 bits per heavy atom. The van der Waals surface area contributed by atoms with Crippen molar-refractivity contribution in [2.75, 3.05) is 5.32 Å². The second-order valence-electron chi connectivity index (χ2n) is 7.13. The standard InChI is InChI=1S/C20H21N3O2S2/c1-20(2,3)23-18(25)13-6-8-14(9-7-13)21-17(24)11-15-12-27-19(22-15)16-5-4-10-26-16/h4-10,12H,11H2,1-3H3,(H,21,24)(H,23,25). The zero-order chi connectivity index (χ0) is 19.4. The second kappa shape index (κ2) is 8.02. The van der Waals surface area contributed by atoms with Crippen LogP contribution >= 0.6 is 22.7 Å². The fourth-order valence-corrected chi connectivity index (χ4v) is 4.02. The molecular formula is C20H21N3O2S2. The lowest BCUT2D eigenvalue weighted by atomic mass is 10.1. The van der Waals surface area contributed by atoms with Crippen molar-refractivity contribution in [1.82, 2.24) is 10.3 Å². The van der Waals surface area contributed by atoms with Gasteiger partial charge in [-0.1, -0.05) is 6.07 Å². The molecule has 2 heterocycles. The molecule has 0 saturated carbocycles. The minimum absolute atomic E-state index is 0.134. The minimum atomic E-state index is -0.292. The molecule has 2 N–H and O–H groups in total. The summed E-state index contributed by atoms with van der Waals surface area (Å²) in [6.07, 6.45) is 0.216. The van der Waals surface area contributed by atoms with Crippen LogP contribution < -0.4 is 10.6 Å². The van der Waals surface area contributed by atoms with Crippen LogP contribution in [0.5, 0.6) is 0 Å². The van der Waals surface area contributed by atoms with E-state index in [1.165, 1.54) is 11.3 Å². The Labute approximate surface area is 166 Å². The van der Waals surface area contributed by atoms with E-state index in [1.54, 1.807) is 35.6 Å². The number of amides is 2. The lowest BCUT2D eigenvalue weighted by Crippen LogP contribution is -2.40. The fraction of sp³-hybridized carbons (Fsp3) is 0.250. The molecule has 0 bridgehead atoms. The summed E-state index contributed by atoms with van der Waals surface area (Å²) in [5.74, 6) is -0.270. The molecule has 0 aliphatic carbocycles. The summed E-state index contributed by atoms with van der Waals surface area (Å²) < 4.78 is 0. The number of carbonyl (C=O) groups is 2. The van der Waals surface area contributed by atoms with Crippen LogP contribution in [0.3, 0.4) is 0 Å². The smallest absolute Gasteiger partial charge is 0.251 e. The van der Waals surface area contributed by atoms with Gasteiger partial charge in [0.2, 0.25) is 5.91 Å². The number of aromatic nitrogens is 1. The molecule has 3 aromatic rings. The number of hydrogen-bond acceptors (Lipinski definition) is 5. The van der Waals surface area contributed by atoms with Gasteiger partial charge in [-0.3, -0.25) is 9.59 Å². The van der Waals surface area contributed by atoms with Gasteiger partial charge in [-0.15, -0.1) is 22.7 Å². The predicted molar refractivity (Wildman–Crippen MR) is 111 cm³/mol. The molecule has 0 saturated heterocycles. The van der Waals surface area contributed by atoms with Gasteiger partial charge < -0.3 is 10.6 Å². The average molecular weight is 400 g/mol. The van der Waals surface area contributed by atoms with Crippen LogP contribution in [0.4, 0.5) is 5.69 Å². The van der Waals surface area contributed by atoms with Gasteiger partial charge in [-0.05, 0) is 56.5 Å². The first kappa shape index (κ1) is 19.3. The minimum Gasteiger partial charge on any atom is -0.347 e. The first-order chi connectivity index (χ1) is 12.8. The molecule has 2 amide bonds. The largest absolute Gasteiger partial charge is 0.347 e. The first-order valence-electron chi connectivity index (χ1n) is 8.51. The zero-order valence-corrected chi connectivity index (χ0v) is 17.0. The van der Waals surface area contributed by atoms with Gasteiger partial charge in [0.25, 0.3) is 5.91 Å². The van der Waals surface area contributed by atoms with Crippen molar-refractivity contribution in [3.63, 3.8) is 0 Å². The molecule has 5 nitrogen and oxygen atoms in total. The summed E-state index contributed by atoms with van der Waals surface area (Å²) in [6, 6.07) is 10.9. The molecule has 140 valence electrons. The lowest BCUT2D eigenvalue weighted by Gasteiger charge is -2.20. The van der Waals surface area contributed by atoms with Crippen molar-refractivity contribution in [3.05, 3.63) is 58.4 Å². The zero-order valence-electron chi connectivity index (χ0n) is 15.4. The van der Waals surface area contributed by atoms with E-state index in [-0.39, 0.29) is 23.8 Å². The molecule has 0 aliphatic heterocycles. The van der Waals surface area contributed by atoms with Crippen LogP contribution in [0.15, 0.2) is 47.2 Å². The summed E-state index contributed by atoms with van der Waals surface area (Å²) in [6.45, 7) is 5.80. The maximum absolute atomic E-state index is 12.3. The molecule has 1 aromatic carbocycles. The molecule has 3 rings (SSSR count). The predicted octanol–water partition coefficient (Wildman–Crippen LogP) is 4.58. The van der Waals surface area contributed by atoms with E-state index < -0.39 is 0 Å². The number of benzene rings is 1. The third-order valence-electron chi connectivity index (χ3n) is 3.54. The van der Waals surface area contributed by atoms with E-state index in [0.29, 0.717) is 11.3 Å². The molecule has 0 radical (unpaired) electrons. The van der Waals surface area contributed by atoms with E-state index in [1.807, 2.05) is 43.7 Å². The number of hydrogen-bond donors (Lipinski definition) is 2. The van der Waals surface area contributed by atoms with Crippen LogP contribution in [-0.4, -0.2) is 22.3 Å². The Balaban J connectivity index is 1.57. The molecule has 0 fully saturated rings. The van der Waals surface area contributed by atoms with Gasteiger partial charge in [0.1, 0.15) is 5.01 Å². The molecule has 7 heteroatoms. The Hall–Kier alpha value is -2.51. The topological polar surface area (TPSA) is 71.1 Å². The molecule has 0 unspecified atom stereocenters. The van der Waals surface area contributed by atoms with Crippen molar-refractivity contribution in [2.24, 2.45) is 0 Å². The van der Waals surface area contributed by atoms with Crippen LogP contribution in [0.2, 0.25) is 0 Å². The van der Waals surface area contributed by atoms with E-state index in [9.17, 15) is 9.59 Å². The molecule has 0 spiro atoms. The van der Waals surface area contributed by atoms with Gasteiger partial charge in [-0.25, -0.2) is 4.98 Å². The van der Waals surface area contributed by atoms with Gasteiger partial charge in [0.15, 0.2) is 0 Å². The monoisotopic (exact) mass is 399 g/mol. The Kier molecular flexibility index (Phi) is 5.72. The Bertz CT molecular complexity index is 923. The summed E-state index contributed by atoms with van der Waals surface area (Å²) in [7, 11) is 0. The summed E-state index contributed by atoms with van der Waals surface area (Å²) >= 11 is 3.17. The van der Waals surface area contributed by atoms with Gasteiger partial charge >= 0.3 is 0 Å². The van der Waals surface area contributed by atoms with Crippen LogP contribution in [0.25, 0.3) is 9.88 Å². The van der Waals surface area contributed by atoms with Gasteiger partial charge in [0.05, 0.1) is 17.0 Å². The quantitative estimate of drug-likeness (QED) is 0.660. The third-order valence-corrected chi connectivity index (χ3v) is 5.47. The van der Waals surface area contributed by atoms with E-state index in [2.05, 4.69) is 15.6 Å². The number of carbonyl (C=O) groups excluding carboxylic acids is 2. The van der Waals surface area contributed by atoms with Crippen LogP contribution in [-0.2, 0) is 11.2 Å². The summed E-state index contributed by atoms with van der Waals surface area (Å²) in [4.78, 5) is 30.0. The highest BCUT2D eigenvalue weighted by Gasteiger charge is 2.15. The van der Waals surface area contributed by atoms with Crippen molar-refractivity contribution >= 4 is 40.2 Å². The van der Waals surface area contributed by atoms with E-state index >= 15 is 0 Å². The third kappa shape index (κ3) is 5.48. The molecule has 0 aliphatic rings. The van der Waals surface area contributed by atoms with Gasteiger partial charge in [-0.2, -0.15) is 0 Å². The number of thiophene rings is 1. The first-order valence-corrected chi connectivity index (χ1v) is 10.3. The highest BCUT2D eigenvalue weighted by atomic mass is 32.1. The van der Waals surface area contributed by atoms with Crippen molar-refractivity contribution < 1.29 is 9.59 Å². The molecule has 2 aromatic heterocycles. The highest BCUT2D eigenvalue weighted by Crippen LogP contribution is 2.28. The second-order valence-corrected chi connectivity index (χ2v) is 8.93. The number of anilines is 1. The Morgan fingerprint density at radius 3 is 2.44 bits per heavy atom. The molecule has 27 heavy (non-hydrogen) atoms. The van der Waals surface area contributed by atoms with Gasteiger partial charge in [0, 0.05) is 22.2 Å². The Morgan fingerprint density at radius 1 is 1.07 bits per heavy atom. The van der Waals surface area contributed by atoms with E-state index in [0.717, 1.165) is 15.6 Å². The summed E-state index contributed by atoms with van der Waals surface area (Å²) in [5.41, 5.74) is 1.67. The number of thiazole rings is 1. The highest BCUT2D eigenvalue weighted by molar-refractivity contribution is 7.20. The number of rotatable bonds is 5. The average Bonchev–Trinajstić information content (AvgIpc) is 3.25. The van der Waals surface area contributed by atoms with Crippen molar-refractivity contribution in [3.8, 4) is 9.88 Å². The van der Waals surface area contributed by atoms with Crippen LogP contribution in [0, 0.1) is 0 Å². The van der Waals surface area contributed by atoms with Crippen molar-refractivity contribution in [2.45, 2.75) is 32.7 Å². The van der Waals surface area contributed by atoms with Crippen molar-refractivity contribution in [1.29, 1.82) is 0 Å².